The molecule has 1 atom stereocenters. The first-order valence-corrected chi connectivity index (χ1v) is 5.07. The highest BCUT2D eigenvalue weighted by Crippen LogP contribution is 1.96. The fourth-order valence-corrected chi connectivity index (χ4v) is 1.54. The largest absolute Gasteiger partial charge is 0.748 e. The van der Waals surface area contributed by atoms with Gasteiger partial charge < -0.3 is 9.87 Å². The summed E-state index contributed by atoms with van der Waals surface area (Å²) in [5.41, 5.74) is 0. The van der Waals surface area contributed by atoms with Crippen molar-refractivity contribution in [3.8, 4) is 0 Å². The van der Waals surface area contributed by atoms with Gasteiger partial charge in [-0.25, -0.2) is 8.42 Å². The van der Waals surface area contributed by atoms with Gasteiger partial charge in [-0.1, -0.05) is 6.92 Å². The van der Waals surface area contributed by atoms with Gasteiger partial charge in [-0.2, -0.15) is 0 Å². The maximum atomic E-state index is 10.4. The Balaban J connectivity index is 3.75. The van der Waals surface area contributed by atoms with Crippen molar-refractivity contribution in [1.29, 1.82) is 0 Å². The highest BCUT2D eigenvalue weighted by Gasteiger charge is 2.06. The van der Waals surface area contributed by atoms with Gasteiger partial charge in [0, 0.05) is 19.2 Å². The van der Waals surface area contributed by atoms with Crippen molar-refractivity contribution in [2.24, 2.45) is 5.92 Å². The first-order chi connectivity index (χ1) is 5.31. The lowest BCUT2D eigenvalue weighted by Gasteiger charge is -2.13. The van der Waals surface area contributed by atoms with Crippen molar-refractivity contribution in [3.63, 3.8) is 0 Å². The molecule has 1 amide bonds. The molecule has 1 N–H and O–H groups in total. The molecular formula is C6H12NO4S-. The summed E-state index contributed by atoms with van der Waals surface area (Å²) in [5, 5.41) is 2.43. The lowest BCUT2D eigenvalue weighted by molar-refractivity contribution is -0.119. The van der Waals surface area contributed by atoms with Crippen molar-refractivity contribution in [3.05, 3.63) is 0 Å². The van der Waals surface area contributed by atoms with Crippen LogP contribution in [-0.4, -0.2) is 31.2 Å². The monoisotopic (exact) mass is 194 g/mol. The third kappa shape index (κ3) is 7.49. The van der Waals surface area contributed by atoms with E-state index >= 15 is 0 Å². The Morgan fingerprint density at radius 3 is 2.42 bits per heavy atom. The summed E-state index contributed by atoms with van der Waals surface area (Å²) in [6, 6.07) is 0. The molecule has 6 heteroatoms. The molecule has 0 spiro atoms. The molecule has 0 radical (unpaired) electrons. The molecule has 72 valence electrons. The molecule has 0 fully saturated rings. The molecule has 1 unspecified atom stereocenters. The van der Waals surface area contributed by atoms with Gasteiger partial charge in [-0.05, 0) is 5.92 Å². The predicted molar refractivity (Wildman–Crippen MR) is 42.4 cm³/mol. The lowest BCUT2D eigenvalue weighted by Crippen LogP contribution is -2.29. The number of amides is 1. The Bertz CT molecular complexity index is 246. The molecule has 0 heterocycles. The smallest absolute Gasteiger partial charge is 0.216 e. The van der Waals surface area contributed by atoms with Gasteiger partial charge in [-0.15, -0.1) is 0 Å². The number of hydrogen-bond acceptors (Lipinski definition) is 4. The van der Waals surface area contributed by atoms with Crippen LogP contribution in [0.15, 0.2) is 0 Å². The molecule has 0 saturated heterocycles. The standard InChI is InChI=1S/C6H13NO4S/c1-5(3-7-6(2)8)4-12(9,10)11/h5H,3-4H2,1-2H3,(H,7,8)(H,9,10,11)/p-1. The van der Waals surface area contributed by atoms with E-state index in [4.69, 9.17) is 0 Å². The number of carbonyl (C=O) groups excluding carboxylic acids is 1. The Hall–Kier alpha value is -0.620. The predicted octanol–water partition coefficient (Wildman–Crippen LogP) is -0.696. The fraction of sp³-hybridized carbons (Fsp3) is 0.833. The van der Waals surface area contributed by atoms with E-state index < -0.39 is 15.9 Å². The molecule has 0 aliphatic carbocycles. The zero-order valence-electron chi connectivity index (χ0n) is 7.03. The van der Waals surface area contributed by atoms with Gasteiger partial charge in [0.05, 0.1) is 10.1 Å². The number of rotatable bonds is 4. The molecular weight excluding hydrogens is 182 g/mol. The van der Waals surface area contributed by atoms with Crippen LogP contribution in [0.2, 0.25) is 0 Å². The quantitative estimate of drug-likeness (QED) is 0.600. The second-order valence-corrected chi connectivity index (χ2v) is 4.22. The molecule has 0 aromatic heterocycles. The van der Waals surface area contributed by atoms with Crippen molar-refractivity contribution in [2.75, 3.05) is 12.3 Å². The van der Waals surface area contributed by atoms with Crippen molar-refractivity contribution in [1.82, 2.24) is 5.32 Å². The number of carbonyl (C=O) groups is 1. The average Bonchev–Trinajstić information content (AvgIpc) is 1.79. The third-order valence-electron chi connectivity index (χ3n) is 1.19. The van der Waals surface area contributed by atoms with Gasteiger partial charge in [0.15, 0.2) is 0 Å². The van der Waals surface area contributed by atoms with Crippen LogP contribution in [0.5, 0.6) is 0 Å². The van der Waals surface area contributed by atoms with E-state index in [0.29, 0.717) is 0 Å². The van der Waals surface area contributed by atoms with Crippen LogP contribution in [0.3, 0.4) is 0 Å². The molecule has 0 aliphatic heterocycles. The minimum Gasteiger partial charge on any atom is -0.748 e. The number of nitrogens with one attached hydrogen (secondary N) is 1. The van der Waals surface area contributed by atoms with Gasteiger partial charge in [-0.3, -0.25) is 4.79 Å². The lowest BCUT2D eigenvalue weighted by atomic mass is 10.2. The summed E-state index contributed by atoms with van der Waals surface area (Å²) < 4.78 is 30.7. The van der Waals surface area contributed by atoms with Crippen LogP contribution in [0.25, 0.3) is 0 Å². The summed E-state index contributed by atoms with van der Waals surface area (Å²) in [6.45, 7) is 3.14. The molecule has 0 bridgehead atoms. The Kier molecular flexibility index (Phi) is 4.19. The number of hydrogen-bond donors (Lipinski definition) is 1. The average molecular weight is 194 g/mol. The Labute approximate surface area is 71.9 Å². The summed E-state index contributed by atoms with van der Waals surface area (Å²) in [5.74, 6) is -1.01. The van der Waals surface area contributed by atoms with Crippen LogP contribution in [-0.2, 0) is 14.9 Å². The summed E-state index contributed by atoms with van der Waals surface area (Å²) in [6.07, 6.45) is 0. The zero-order chi connectivity index (χ0) is 9.78. The molecule has 0 rings (SSSR count). The third-order valence-corrected chi connectivity index (χ3v) is 2.17. The van der Waals surface area contributed by atoms with E-state index in [1.807, 2.05) is 0 Å². The minimum absolute atomic E-state index is 0.219. The van der Waals surface area contributed by atoms with Gasteiger partial charge in [0.25, 0.3) is 0 Å². The minimum atomic E-state index is -4.17. The van der Waals surface area contributed by atoms with Crippen LogP contribution >= 0.6 is 0 Å². The summed E-state index contributed by atoms with van der Waals surface area (Å²) >= 11 is 0. The molecule has 0 saturated carbocycles. The van der Waals surface area contributed by atoms with Gasteiger partial charge in [0.1, 0.15) is 0 Å². The second kappa shape index (κ2) is 4.42. The first kappa shape index (κ1) is 11.4. The molecule has 5 nitrogen and oxygen atoms in total. The maximum Gasteiger partial charge on any atom is 0.216 e. The van der Waals surface area contributed by atoms with Crippen molar-refractivity contribution < 1.29 is 17.8 Å². The highest BCUT2D eigenvalue weighted by molar-refractivity contribution is 7.85. The fourth-order valence-electron chi connectivity index (χ4n) is 0.725. The normalized spacial score (nSPS) is 13.9. The van der Waals surface area contributed by atoms with E-state index in [-0.39, 0.29) is 18.4 Å². The molecule has 0 aromatic carbocycles. The van der Waals surface area contributed by atoms with Crippen molar-refractivity contribution in [2.45, 2.75) is 13.8 Å². The molecule has 12 heavy (non-hydrogen) atoms. The maximum absolute atomic E-state index is 10.4. The molecule has 0 aromatic rings. The summed E-state index contributed by atoms with van der Waals surface area (Å²) in [4.78, 5) is 10.4. The van der Waals surface area contributed by atoms with E-state index in [1.165, 1.54) is 6.92 Å². The first-order valence-electron chi connectivity index (χ1n) is 3.49. The van der Waals surface area contributed by atoms with Crippen LogP contribution in [0, 0.1) is 5.92 Å². The van der Waals surface area contributed by atoms with Gasteiger partial charge >= 0.3 is 0 Å². The Morgan fingerprint density at radius 2 is 2.08 bits per heavy atom. The SMILES string of the molecule is CC(=O)NCC(C)CS(=O)(=O)[O-]. The Morgan fingerprint density at radius 1 is 1.58 bits per heavy atom. The van der Waals surface area contributed by atoms with Crippen LogP contribution in [0.1, 0.15) is 13.8 Å². The van der Waals surface area contributed by atoms with Crippen molar-refractivity contribution >= 4 is 16.0 Å². The highest BCUT2D eigenvalue weighted by atomic mass is 32.2. The van der Waals surface area contributed by atoms with Crippen LogP contribution < -0.4 is 5.32 Å². The molecule has 0 aliphatic rings. The van der Waals surface area contributed by atoms with E-state index in [0.717, 1.165) is 0 Å². The zero-order valence-corrected chi connectivity index (χ0v) is 7.85. The van der Waals surface area contributed by atoms with Crippen LogP contribution in [0.4, 0.5) is 0 Å². The topological polar surface area (TPSA) is 86.3 Å². The van der Waals surface area contributed by atoms with E-state index in [2.05, 4.69) is 5.32 Å². The van der Waals surface area contributed by atoms with Gasteiger partial charge in [0.2, 0.25) is 5.91 Å². The van der Waals surface area contributed by atoms with E-state index in [1.54, 1.807) is 6.92 Å². The second-order valence-electron chi connectivity index (χ2n) is 2.77. The summed E-state index contributed by atoms with van der Waals surface area (Å²) in [7, 11) is -4.17. The van der Waals surface area contributed by atoms with E-state index in [9.17, 15) is 17.8 Å².